The maximum absolute atomic E-state index is 12.6. The highest BCUT2D eigenvalue weighted by atomic mass is 35.5. The van der Waals surface area contributed by atoms with E-state index in [0.29, 0.717) is 52.5 Å². The monoisotopic (exact) mass is 446 g/mol. The molecule has 2 saturated heterocycles. The molecule has 1 unspecified atom stereocenters. The van der Waals surface area contributed by atoms with E-state index in [4.69, 9.17) is 10.5 Å². The van der Waals surface area contributed by atoms with Crippen LogP contribution in [0.2, 0.25) is 0 Å². The molecule has 9 heteroatoms. The van der Waals surface area contributed by atoms with E-state index in [9.17, 15) is 9.59 Å². The summed E-state index contributed by atoms with van der Waals surface area (Å²) in [5, 5.41) is 2.95. The number of nitrogens with zero attached hydrogens (tertiary/aromatic N) is 2. The van der Waals surface area contributed by atoms with Crippen LogP contribution in [0.15, 0.2) is 30.3 Å². The molecule has 3 N–H and O–H groups in total. The molecule has 0 aromatic heterocycles. The summed E-state index contributed by atoms with van der Waals surface area (Å²) >= 11 is 0. The van der Waals surface area contributed by atoms with Crippen LogP contribution in [0, 0.1) is 5.92 Å². The Hall–Kier alpha value is -1.38. The van der Waals surface area contributed by atoms with Gasteiger partial charge in [-0.2, -0.15) is 0 Å². The third-order valence-electron chi connectivity index (χ3n) is 5.44. The van der Waals surface area contributed by atoms with Gasteiger partial charge < -0.3 is 20.7 Å². The van der Waals surface area contributed by atoms with Crippen LogP contribution in [-0.4, -0.2) is 73.6 Å². The highest BCUT2D eigenvalue weighted by Crippen LogP contribution is 2.19. The van der Waals surface area contributed by atoms with Crippen molar-refractivity contribution in [3.63, 3.8) is 0 Å². The molecule has 0 bridgehead atoms. The summed E-state index contributed by atoms with van der Waals surface area (Å²) in [7, 11) is 0. The van der Waals surface area contributed by atoms with Crippen LogP contribution in [0.1, 0.15) is 18.4 Å². The van der Waals surface area contributed by atoms with Crippen LogP contribution in [0.25, 0.3) is 0 Å². The van der Waals surface area contributed by atoms with E-state index in [1.165, 1.54) is 0 Å². The highest BCUT2D eigenvalue weighted by molar-refractivity contribution is 5.85. The molecule has 7 nitrogen and oxygen atoms in total. The number of hydrogen-bond donors (Lipinski definition) is 2. The summed E-state index contributed by atoms with van der Waals surface area (Å²) in [5.41, 5.74) is 7.29. The van der Waals surface area contributed by atoms with Gasteiger partial charge in [0.15, 0.2) is 0 Å². The van der Waals surface area contributed by atoms with Gasteiger partial charge in [0.2, 0.25) is 11.8 Å². The van der Waals surface area contributed by atoms with Gasteiger partial charge in [0.1, 0.15) is 0 Å². The van der Waals surface area contributed by atoms with Gasteiger partial charge in [-0.3, -0.25) is 14.5 Å². The molecule has 0 spiro atoms. The molecule has 1 aromatic carbocycles. The fraction of sp³-hybridized carbons (Fsp3) is 0.600. The van der Waals surface area contributed by atoms with Crippen LogP contribution in [0.3, 0.4) is 0 Å². The van der Waals surface area contributed by atoms with Crippen molar-refractivity contribution in [2.45, 2.75) is 25.4 Å². The molecule has 2 fully saturated rings. The summed E-state index contributed by atoms with van der Waals surface area (Å²) in [6.07, 6.45) is 1.71. The SMILES string of the molecule is Cl.Cl.NC(C(=O)N1CCN(CC(=O)NCc2ccccc2)CC1)C1CCOCC1. The Kier molecular flexibility index (Phi) is 11.5. The quantitative estimate of drug-likeness (QED) is 0.681. The Labute approximate surface area is 185 Å². The molecule has 2 aliphatic heterocycles. The van der Waals surface area contributed by atoms with Crippen molar-refractivity contribution in [3.8, 4) is 0 Å². The molecule has 0 aliphatic carbocycles. The summed E-state index contributed by atoms with van der Waals surface area (Å²) in [6, 6.07) is 9.43. The zero-order valence-corrected chi connectivity index (χ0v) is 18.3. The molecule has 0 saturated carbocycles. The van der Waals surface area contributed by atoms with Crippen LogP contribution >= 0.6 is 24.8 Å². The summed E-state index contributed by atoms with van der Waals surface area (Å²) in [4.78, 5) is 28.7. The number of carbonyl (C=O) groups is 2. The second-order valence-electron chi connectivity index (χ2n) is 7.34. The predicted molar refractivity (Wildman–Crippen MR) is 117 cm³/mol. The smallest absolute Gasteiger partial charge is 0.239 e. The van der Waals surface area contributed by atoms with E-state index in [-0.39, 0.29) is 42.5 Å². The number of carbonyl (C=O) groups excluding carboxylic acids is 2. The maximum Gasteiger partial charge on any atom is 0.239 e. The maximum atomic E-state index is 12.6. The summed E-state index contributed by atoms with van der Waals surface area (Å²) in [6.45, 7) is 4.94. The first-order valence-corrected chi connectivity index (χ1v) is 9.78. The van der Waals surface area contributed by atoms with Gasteiger partial charge in [0, 0.05) is 45.9 Å². The molecule has 2 amide bonds. The lowest BCUT2D eigenvalue weighted by Gasteiger charge is -2.37. The molecule has 0 radical (unpaired) electrons. The number of ether oxygens (including phenoxy) is 1. The first kappa shape index (κ1) is 25.7. The van der Waals surface area contributed by atoms with E-state index in [0.717, 1.165) is 18.4 Å². The normalized spacial score (nSPS) is 18.9. The highest BCUT2D eigenvalue weighted by Gasteiger charge is 2.31. The van der Waals surface area contributed by atoms with Crippen molar-refractivity contribution >= 4 is 36.6 Å². The first-order chi connectivity index (χ1) is 13.1. The van der Waals surface area contributed by atoms with Crippen molar-refractivity contribution in [2.24, 2.45) is 11.7 Å². The number of hydrogen-bond acceptors (Lipinski definition) is 5. The molecule has 2 aliphatic rings. The third kappa shape index (κ3) is 7.75. The lowest BCUT2D eigenvalue weighted by atomic mass is 9.91. The van der Waals surface area contributed by atoms with Gasteiger partial charge in [-0.25, -0.2) is 0 Å². The van der Waals surface area contributed by atoms with Gasteiger partial charge in [-0.15, -0.1) is 24.8 Å². The number of rotatable bonds is 6. The summed E-state index contributed by atoms with van der Waals surface area (Å²) in [5.74, 6) is 0.264. The van der Waals surface area contributed by atoms with E-state index in [1.54, 1.807) is 0 Å². The Balaban J connectivity index is 0.00000210. The molecule has 164 valence electrons. The van der Waals surface area contributed by atoms with Crippen molar-refractivity contribution in [3.05, 3.63) is 35.9 Å². The fourth-order valence-electron chi connectivity index (χ4n) is 3.67. The Morgan fingerprint density at radius 3 is 2.31 bits per heavy atom. The predicted octanol–water partition coefficient (Wildman–Crippen LogP) is 1.04. The number of halogens is 2. The summed E-state index contributed by atoms with van der Waals surface area (Å²) < 4.78 is 5.35. The molecular weight excluding hydrogens is 415 g/mol. The van der Waals surface area contributed by atoms with Crippen LogP contribution < -0.4 is 11.1 Å². The zero-order chi connectivity index (χ0) is 19.1. The lowest BCUT2D eigenvalue weighted by Crippen LogP contribution is -2.56. The second-order valence-corrected chi connectivity index (χ2v) is 7.34. The van der Waals surface area contributed by atoms with E-state index >= 15 is 0 Å². The minimum absolute atomic E-state index is 0. The molecule has 29 heavy (non-hydrogen) atoms. The average Bonchev–Trinajstić information content (AvgIpc) is 2.73. The Morgan fingerprint density at radius 2 is 1.69 bits per heavy atom. The molecule has 2 heterocycles. The van der Waals surface area contributed by atoms with Crippen LogP contribution in [0.5, 0.6) is 0 Å². The van der Waals surface area contributed by atoms with Crippen LogP contribution in [-0.2, 0) is 20.9 Å². The van der Waals surface area contributed by atoms with E-state index < -0.39 is 6.04 Å². The Bertz CT molecular complexity index is 621. The van der Waals surface area contributed by atoms with Crippen molar-refractivity contribution in [1.82, 2.24) is 15.1 Å². The van der Waals surface area contributed by atoms with Gasteiger partial charge in [0.05, 0.1) is 12.6 Å². The number of benzene rings is 1. The molecule has 1 aromatic rings. The molecular formula is C20H32Cl2N4O3. The van der Waals surface area contributed by atoms with E-state index in [2.05, 4.69) is 10.2 Å². The van der Waals surface area contributed by atoms with Crippen LogP contribution in [0.4, 0.5) is 0 Å². The molecule has 1 atom stereocenters. The zero-order valence-electron chi connectivity index (χ0n) is 16.6. The van der Waals surface area contributed by atoms with Crippen molar-refractivity contribution < 1.29 is 14.3 Å². The third-order valence-corrected chi connectivity index (χ3v) is 5.44. The second kappa shape index (κ2) is 13.0. The first-order valence-electron chi connectivity index (χ1n) is 9.78. The lowest BCUT2D eigenvalue weighted by molar-refractivity contribution is -0.136. The topological polar surface area (TPSA) is 87.9 Å². The minimum atomic E-state index is -0.436. The van der Waals surface area contributed by atoms with Gasteiger partial charge >= 0.3 is 0 Å². The largest absolute Gasteiger partial charge is 0.381 e. The number of piperazine rings is 1. The van der Waals surface area contributed by atoms with Crippen molar-refractivity contribution in [2.75, 3.05) is 45.9 Å². The van der Waals surface area contributed by atoms with Gasteiger partial charge in [-0.1, -0.05) is 30.3 Å². The van der Waals surface area contributed by atoms with Crippen molar-refractivity contribution in [1.29, 1.82) is 0 Å². The Morgan fingerprint density at radius 1 is 1.07 bits per heavy atom. The number of amides is 2. The van der Waals surface area contributed by atoms with E-state index in [1.807, 2.05) is 35.2 Å². The average molecular weight is 447 g/mol. The van der Waals surface area contributed by atoms with Gasteiger partial charge in [0.25, 0.3) is 0 Å². The fourth-order valence-corrected chi connectivity index (χ4v) is 3.67. The number of nitrogens with two attached hydrogens (primary N) is 1. The molecule has 3 rings (SSSR count). The standard InChI is InChI=1S/C20H30N4O3.2ClH/c21-19(17-6-12-27-13-7-17)20(26)24-10-8-23(9-11-24)15-18(25)22-14-16-4-2-1-3-5-16;;/h1-5,17,19H,6-15,21H2,(H,22,25);2*1H. The van der Waals surface area contributed by atoms with Gasteiger partial charge in [-0.05, 0) is 24.3 Å². The number of nitrogens with one attached hydrogen (secondary N) is 1. The minimum Gasteiger partial charge on any atom is -0.381 e.